The fourth-order valence-electron chi connectivity index (χ4n) is 2.84. The maximum absolute atomic E-state index is 13.9. The molecule has 0 radical (unpaired) electrons. The molecule has 2 aromatic heterocycles. The first kappa shape index (κ1) is 16.6. The molecule has 0 spiro atoms. The van der Waals surface area contributed by atoms with Crippen LogP contribution < -0.4 is 10.2 Å². The highest BCUT2D eigenvalue weighted by Crippen LogP contribution is 2.29. The van der Waals surface area contributed by atoms with Crippen molar-refractivity contribution in [2.75, 3.05) is 10.2 Å². The average Bonchev–Trinajstić information content (AvgIpc) is 3.18. The number of imide groups is 1. The molecule has 0 saturated heterocycles. The number of aryl methyl sites for hydroxylation is 1. The molecule has 0 atom stereocenters. The van der Waals surface area contributed by atoms with Gasteiger partial charge < -0.3 is 9.73 Å². The Morgan fingerprint density at radius 3 is 2.59 bits per heavy atom. The van der Waals surface area contributed by atoms with E-state index in [1.165, 1.54) is 36.7 Å². The van der Waals surface area contributed by atoms with Gasteiger partial charge in [0, 0.05) is 5.56 Å². The number of anilines is 2. The van der Waals surface area contributed by atoms with Gasteiger partial charge in [0.1, 0.15) is 11.6 Å². The highest BCUT2D eigenvalue weighted by atomic mass is 19.1. The highest BCUT2D eigenvalue weighted by molar-refractivity contribution is 6.34. The number of halogens is 1. The molecule has 0 saturated carbocycles. The van der Waals surface area contributed by atoms with Gasteiger partial charge in [0.15, 0.2) is 5.76 Å². The smallest absolute Gasteiger partial charge is 0.291 e. The predicted molar refractivity (Wildman–Crippen MR) is 93.2 cm³/mol. The molecule has 1 aliphatic rings. The topological polar surface area (TPSA) is 92.5 Å². The van der Waals surface area contributed by atoms with Crippen molar-refractivity contribution in [1.29, 1.82) is 0 Å². The number of nitrogens with one attached hydrogen (secondary N) is 1. The summed E-state index contributed by atoms with van der Waals surface area (Å²) < 4.78 is 19.0. The van der Waals surface area contributed by atoms with Gasteiger partial charge in [-0.1, -0.05) is 6.07 Å². The Morgan fingerprint density at radius 2 is 1.96 bits per heavy atom. The molecule has 0 bridgehead atoms. The highest BCUT2D eigenvalue weighted by Gasteiger charge is 2.39. The van der Waals surface area contributed by atoms with E-state index in [1.807, 2.05) is 0 Å². The van der Waals surface area contributed by atoms with E-state index in [2.05, 4.69) is 10.3 Å². The molecule has 4 rings (SSSR count). The lowest BCUT2D eigenvalue weighted by molar-refractivity contribution is 0.0922. The minimum absolute atomic E-state index is 0.00697. The number of hydrogen-bond donors (Lipinski definition) is 1. The summed E-state index contributed by atoms with van der Waals surface area (Å²) in [5, 5.41) is 2.61. The van der Waals surface area contributed by atoms with Gasteiger partial charge in [0.25, 0.3) is 17.7 Å². The van der Waals surface area contributed by atoms with Gasteiger partial charge in [0.05, 0.1) is 29.3 Å². The van der Waals surface area contributed by atoms with E-state index in [1.54, 1.807) is 13.0 Å². The molecule has 0 aliphatic carbocycles. The van der Waals surface area contributed by atoms with Crippen molar-refractivity contribution >= 4 is 29.2 Å². The first-order chi connectivity index (χ1) is 13.0. The fraction of sp³-hybridized carbons (Fsp3) is 0.0526. The summed E-state index contributed by atoms with van der Waals surface area (Å²) in [5.41, 5.74) is 0.759. The van der Waals surface area contributed by atoms with Crippen molar-refractivity contribution in [2.24, 2.45) is 0 Å². The molecule has 0 unspecified atom stereocenters. The first-order valence-electron chi connectivity index (χ1n) is 7.96. The Labute approximate surface area is 152 Å². The van der Waals surface area contributed by atoms with Crippen molar-refractivity contribution in [3.63, 3.8) is 0 Å². The summed E-state index contributed by atoms with van der Waals surface area (Å²) in [4.78, 5) is 41.8. The van der Waals surface area contributed by atoms with E-state index < -0.39 is 23.5 Å². The molecule has 1 aliphatic heterocycles. The summed E-state index contributed by atoms with van der Waals surface area (Å²) in [6, 6.07) is 8.42. The minimum Gasteiger partial charge on any atom is -0.459 e. The fourth-order valence-corrected chi connectivity index (χ4v) is 2.84. The monoisotopic (exact) mass is 365 g/mol. The lowest BCUT2D eigenvalue weighted by Crippen LogP contribution is -2.30. The number of fused-ring (bicyclic) bond motifs is 1. The zero-order chi connectivity index (χ0) is 19.1. The van der Waals surface area contributed by atoms with Crippen molar-refractivity contribution in [1.82, 2.24) is 4.98 Å². The SMILES string of the molecule is Cc1ccoc1C(=O)Nc1ccc(N2C(=O)c3cccc(F)c3C2=O)nc1. The molecule has 3 heterocycles. The van der Waals surface area contributed by atoms with Crippen LogP contribution in [0.2, 0.25) is 0 Å². The molecule has 3 aromatic rings. The van der Waals surface area contributed by atoms with Crippen molar-refractivity contribution < 1.29 is 23.2 Å². The van der Waals surface area contributed by atoms with E-state index in [9.17, 15) is 18.8 Å². The molecular formula is C19H12FN3O4. The van der Waals surface area contributed by atoms with Crippen molar-refractivity contribution in [2.45, 2.75) is 6.92 Å². The zero-order valence-electron chi connectivity index (χ0n) is 14.0. The third-order valence-electron chi connectivity index (χ3n) is 4.17. The second-order valence-electron chi connectivity index (χ2n) is 5.90. The Kier molecular flexibility index (Phi) is 3.80. The first-order valence-corrected chi connectivity index (χ1v) is 7.96. The maximum atomic E-state index is 13.9. The number of hydrogen-bond acceptors (Lipinski definition) is 5. The summed E-state index contributed by atoms with van der Waals surface area (Å²) in [6.45, 7) is 1.74. The van der Waals surface area contributed by atoms with E-state index in [-0.39, 0.29) is 22.7 Å². The number of carbonyl (C=O) groups excluding carboxylic acids is 3. The van der Waals surface area contributed by atoms with E-state index in [0.717, 1.165) is 11.0 Å². The van der Waals surface area contributed by atoms with Crippen LogP contribution >= 0.6 is 0 Å². The molecule has 27 heavy (non-hydrogen) atoms. The van der Waals surface area contributed by atoms with Gasteiger partial charge >= 0.3 is 0 Å². The van der Waals surface area contributed by atoms with E-state index in [0.29, 0.717) is 11.3 Å². The zero-order valence-corrected chi connectivity index (χ0v) is 14.0. The van der Waals surface area contributed by atoms with Gasteiger partial charge in [-0.25, -0.2) is 14.3 Å². The number of carbonyl (C=O) groups is 3. The molecular weight excluding hydrogens is 353 g/mol. The number of benzene rings is 1. The van der Waals surface area contributed by atoms with Crippen LogP contribution in [0.4, 0.5) is 15.9 Å². The summed E-state index contributed by atoms with van der Waals surface area (Å²) in [7, 11) is 0. The lowest BCUT2D eigenvalue weighted by Gasteiger charge is -2.13. The van der Waals surface area contributed by atoms with Gasteiger partial charge in [-0.15, -0.1) is 0 Å². The largest absolute Gasteiger partial charge is 0.459 e. The van der Waals surface area contributed by atoms with Crippen molar-refractivity contribution in [3.05, 3.63) is 77.1 Å². The van der Waals surface area contributed by atoms with Crippen LogP contribution in [0.25, 0.3) is 0 Å². The molecule has 8 heteroatoms. The summed E-state index contributed by atoms with van der Waals surface area (Å²) in [5.74, 6) is -2.42. The van der Waals surface area contributed by atoms with Crippen LogP contribution in [0.3, 0.4) is 0 Å². The maximum Gasteiger partial charge on any atom is 0.291 e. The Hall–Kier alpha value is -3.81. The molecule has 1 aromatic carbocycles. The van der Waals surface area contributed by atoms with Crippen LogP contribution in [0.15, 0.2) is 53.3 Å². The summed E-state index contributed by atoms with van der Waals surface area (Å²) in [6.07, 6.45) is 2.71. The number of pyridine rings is 1. The number of aromatic nitrogens is 1. The minimum atomic E-state index is -0.774. The third-order valence-corrected chi connectivity index (χ3v) is 4.17. The number of furan rings is 1. The molecule has 3 amide bonds. The predicted octanol–water partition coefficient (Wildman–Crippen LogP) is 3.18. The van der Waals surface area contributed by atoms with E-state index in [4.69, 9.17) is 4.42 Å². The second kappa shape index (κ2) is 6.17. The van der Waals surface area contributed by atoms with Gasteiger partial charge in [-0.05, 0) is 37.3 Å². The lowest BCUT2D eigenvalue weighted by atomic mass is 10.1. The van der Waals surface area contributed by atoms with Gasteiger partial charge in [-0.3, -0.25) is 14.4 Å². The molecule has 0 fully saturated rings. The van der Waals surface area contributed by atoms with Crippen molar-refractivity contribution in [3.8, 4) is 0 Å². The Bertz CT molecular complexity index is 1090. The van der Waals surface area contributed by atoms with Gasteiger partial charge in [0.2, 0.25) is 0 Å². The van der Waals surface area contributed by atoms with E-state index >= 15 is 0 Å². The van der Waals surface area contributed by atoms with Crippen LogP contribution in [-0.2, 0) is 0 Å². The number of rotatable bonds is 3. The number of amides is 3. The second-order valence-corrected chi connectivity index (χ2v) is 5.90. The Balaban J connectivity index is 1.58. The number of nitrogens with zero attached hydrogens (tertiary/aromatic N) is 2. The third kappa shape index (κ3) is 2.67. The molecule has 134 valence electrons. The Morgan fingerprint density at radius 1 is 1.15 bits per heavy atom. The summed E-state index contributed by atoms with van der Waals surface area (Å²) >= 11 is 0. The van der Waals surface area contributed by atoms with Crippen LogP contribution in [0.1, 0.15) is 36.8 Å². The molecule has 7 nitrogen and oxygen atoms in total. The standard InChI is InChI=1S/C19H12FN3O4/c1-10-7-8-27-16(10)17(24)22-11-5-6-14(21-9-11)23-18(25)12-3-2-4-13(20)15(12)19(23)26/h2-9H,1H3,(H,22,24). The van der Waals surface area contributed by atoms with Crippen LogP contribution in [0.5, 0.6) is 0 Å². The normalized spacial score (nSPS) is 13.0. The quantitative estimate of drug-likeness (QED) is 0.720. The molecule has 1 N–H and O–H groups in total. The van der Waals surface area contributed by atoms with Crippen LogP contribution in [0, 0.1) is 12.7 Å². The average molecular weight is 365 g/mol. The van der Waals surface area contributed by atoms with Crippen LogP contribution in [-0.4, -0.2) is 22.7 Å². The van der Waals surface area contributed by atoms with Gasteiger partial charge in [-0.2, -0.15) is 0 Å².